The highest BCUT2D eigenvalue weighted by atomic mass is 16.5. The summed E-state index contributed by atoms with van der Waals surface area (Å²) in [5, 5.41) is 3.92. The van der Waals surface area contributed by atoms with Crippen molar-refractivity contribution in [2.45, 2.75) is 13.1 Å². The highest BCUT2D eigenvalue weighted by Crippen LogP contribution is 2.06. The van der Waals surface area contributed by atoms with Crippen LogP contribution < -0.4 is 5.73 Å². The van der Waals surface area contributed by atoms with E-state index in [2.05, 4.69) is 10.1 Å². The van der Waals surface area contributed by atoms with Gasteiger partial charge in [0.15, 0.2) is 0 Å². The highest BCUT2D eigenvalue weighted by Gasteiger charge is 2.15. The predicted octanol–water partition coefficient (Wildman–Crippen LogP) is 0.536. The third-order valence-electron chi connectivity index (χ3n) is 2.99. The maximum absolute atomic E-state index is 12.4. The maximum Gasteiger partial charge on any atom is 0.244 e. The molecule has 0 aliphatic rings. The van der Waals surface area contributed by atoms with Gasteiger partial charge in [0, 0.05) is 20.2 Å². The fourth-order valence-corrected chi connectivity index (χ4v) is 1.92. The van der Waals surface area contributed by atoms with Crippen LogP contribution in [-0.4, -0.2) is 45.8 Å². The minimum absolute atomic E-state index is 0.0548. The number of methoxy groups -OCH3 is 1. The SMILES string of the molecule is COCCN(Cc1ccccc1)C(=O)Cn1cnc(N)n1. The molecule has 21 heavy (non-hydrogen) atoms. The summed E-state index contributed by atoms with van der Waals surface area (Å²) in [6.45, 7) is 1.65. The maximum atomic E-state index is 12.4. The Labute approximate surface area is 123 Å². The number of carbonyl (C=O) groups excluding carboxylic acids is 1. The van der Waals surface area contributed by atoms with Gasteiger partial charge >= 0.3 is 0 Å². The van der Waals surface area contributed by atoms with Crippen LogP contribution in [0.2, 0.25) is 0 Å². The lowest BCUT2D eigenvalue weighted by Crippen LogP contribution is -2.36. The first-order valence-electron chi connectivity index (χ1n) is 6.64. The minimum atomic E-state index is -0.0548. The lowest BCUT2D eigenvalue weighted by atomic mass is 10.2. The Bertz CT molecular complexity index is 570. The molecule has 1 heterocycles. The molecule has 0 radical (unpaired) electrons. The van der Waals surface area contributed by atoms with E-state index < -0.39 is 0 Å². The molecular formula is C14H19N5O2. The van der Waals surface area contributed by atoms with E-state index >= 15 is 0 Å². The van der Waals surface area contributed by atoms with Gasteiger partial charge in [-0.1, -0.05) is 30.3 Å². The first kappa shape index (κ1) is 15.0. The molecule has 2 aromatic rings. The Balaban J connectivity index is 2.02. The van der Waals surface area contributed by atoms with Crippen LogP contribution in [0.25, 0.3) is 0 Å². The number of nitrogen functional groups attached to an aromatic ring is 1. The summed E-state index contributed by atoms with van der Waals surface area (Å²) in [5.74, 6) is 0.107. The van der Waals surface area contributed by atoms with Gasteiger partial charge in [-0.3, -0.25) is 4.79 Å². The summed E-state index contributed by atoms with van der Waals surface area (Å²) in [6, 6.07) is 9.82. The number of ether oxygens (including phenoxy) is 1. The van der Waals surface area contributed by atoms with Crippen LogP contribution in [0.5, 0.6) is 0 Å². The predicted molar refractivity (Wildman–Crippen MR) is 78.2 cm³/mol. The smallest absolute Gasteiger partial charge is 0.244 e. The second kappa shape index (κ2) is 7.39. The molecule has 2 N–H and O–H groups in total. The number of anilines is 1. The van der Waals surface area contributed by atoms with Crippen molar-refractivity contribution in [1.29, 1.82) is 0 Å². The molecule has 0 atom stereocenters. The summed E-state index contributed by atoms with van der Waals surface area (Å²) in [7, 11) is 1.61. The zero-order chi connectivity index (χ0) is 15.1. The van der Waals surface area contributed by atoms with Crippen molar-refractivity contribution in [2.75, 3.05) is 26.0 Å². The molecule has 1 aromatic carbocycles. The van der Waals surface area contributed by atoms with Gasteiger partial charge in [-0.2, -0.15) is 0 Å². The van der Waals surface area contributed by atoms with Crippen molar-refractivity contribution in [3.63, 3.8) is 0 Å². The van der Waals surface area contributed by atoms with E-state index in [0.29, 0.717) is 19.7 Å². The molecule has 0 aliphatic carbocycles. The number of carbonyl (C=O) groups is 1. The van der Waals surface area contributed by atoms with Crippen LogP contribution in [-0.2, 0) is 22.6 Å². The van der Waals surface area contributed by atoms with Crippen molar-refractivity contribution >= 4 is 11.9 Å². The molecule has 0 saturated heterocycles. The van der Waals surface area contributed by atoms with Gasteiger partial charge in [0.25, 0.3) is 0 Å². The Morgan fingerprint density at radius 3 is 2.76 bits per heavy atom. The molecule has 112 valence electrons. The van der Waals surface area contributed by atoms with E-state index in [1.165, 1.54) is 11.0 Å². The Kier molecular flexibility index (Phi) is 5.28. The van der Waals surface area contributed by atoms with Crippen molar-refractivity contribution in [3.05, 3.63) is 42.2 Å². The third kappa shape index (κ3) is 4.57. The van der Waals surface area contributed by atoms with Crippen LogP contribution in [0.3, 0.4) is 0 Å². The van der Waals surface area contributed by atoms with Crippen LogP contribution in [0.1, 0.15) is 5.56 Å². The van der Waals surface area contributed by atoms with Crippen LogP contribution >= 0.6 is 0 Å². The molecule has 1 amide bonds. The van der Waals surface area contributed by atoms with Crippen molar-refractivity contribution in [2.24, 2.45) is 0 Å². The molecule has 7 nitrogen and oxygen atoms in total. The van der Waals surface area contributed by atoms with Gasteiger partial charge in [0.1, 0.15) is 12.9 Å². The van der Waals surface area contributed by atoms with Gasteiger partial charge in [0.05, 0.1) is 6.61 Å². The second-order valence-corrected chi connectivity index (χ2v) is 4.59. The second-order valence-electron chi connectivity index (χ2n) is 4.59. The van der Waals surface area contributed by atoms with Gasteiger partial charge in [0.2, 0.25) is 11.9 Å². The van der Waals surface area contributed by atoms with E-state index in [1.807, 2.05) is 30.3 Å². The van der Waals surface area contributed by atoms with E-state index in [-0.39, 0.29) is 18.4 Å². The average molecular weight is 289 g/mol. The molecule has 0 saturated carbocycles. The zero-order valence-corrected chi connectivity index (χ0v) is 12.0. The summed E-state index contributed by atoms with van der Waals surface area (Å²) < 4.78 is 6.50. The Hall–Kier alpha value is -2.41. The molecule has 7 heteroatoms. The fourth-order valence-electron chi connectivity index (χ4n) is 1.92. The molecule has 0 aliphatic heterocycles. The summed E-state index contributed by atoms with van der Waals surface area (Å²) in [4.78, 5) is 17.9. The number of hydrogen-bond acceptors (Lipinski definition) is 5. The molecule has 0 spiro atoms. The van der Waals surface area contributed by atoms with Gasteiger partial charge in [-0.25, -0.2) is 9.67 Å². The van der Waals surface area contributed by atoms with E-state index in [1.54, 1.807) is 12.0 Å². The number of nitrogens with two attached hydrogens (primary N) is 1. The number of nitrogens with zero attached hydrogens (tertiary/aromatic N) is 4. The lowest BCUT2D eigenvalue weighted by molar-refractivity contribution is -0.133. The first-order chi connectivity index (χ1) is 10.2. The lowest BCUT2D eigenvalue weighted by Gasteiger charge is -2.22. The standard InChI is InChI=1S/C14H19N5O2/c1-21-8-7-18(9-12-5-3-2-4-6-12)13(20)10-19-11-16-14(15)17-19/h2-6,11H,7-10H2,1H3,(H2,15,17). The number of aromatic nitrogens is 3. The Morgan fingerprint density at radius 1 is 1.38 bits per heavy atom. The number of hydrogen-bond donors (Lipinski definition) is 1. The first-order valence-corrected chi connectivity index (χ1v) is 6.64. The molecule has 2 rings (SSSR count). The van der Waals surface area contributed by atoms with Crippen LogP contribution in [0.4, 0.5) is 5.95 Å². The van der Waals surface area contributed by atoms with Crippen molar-refractivity contribution in [3.8, 4) is 0 Å². The summed E-state index contributed by atoms with van der Waals surface area (Å²) in [5.41, 5.74) is 6.52. The average Bonchev–Trinajstić information content (AvgIpc) is 2.89. The van der Waals surface area contributed by atoms with E-state index in [9.17, 15) is 4.79 Å². The number of amides is 1. The molecule has 0 bridgehead atoms. The van der Waals surface area contributed by atoms with E-state index in [0.717, 1.165) is 5.56 Å². The highest BCUT2D eigenvalue weighted by molar-refractivity contribution is 5.75. The molecule has 0 fully saturated rings. The number of benzene rings is 1. The van der Waals surface area contributed by atoms with Crippen LogP contribution in [0.15, 0.2) is 36.7 Å². The monoisotopic (exact) mass is 289 g/mol. The summed E-state index contributed by atoms with van der Waals surface area (Å²) in [6.07, 6.45) is 1.45. The molecule has 0 unspecified atom stereocenters. The quantitative estimate of drug-likeness (QED) is 0.803. The van der Waals surface area contributed by atoms with Crippen LogP contribution in [0, 0.1) is 0 Å². The Morgan fingerprint density at radius 2 is 2.14 bits per heavy atom. The van der Waals surface area contributed by atoms with Crippen molar-refractivity contribution in [1.82, 2.24) is 19.7 Å². The summed E-state index contributed by atoms with van der Waals surface area (Å²) >= 11 is 0. The molecule has 1 aromatic heterocycles. The van der Waals surface area contributed by atoms with Gasteiger partial charge in [-0.15, -0.1) is 5.10 Å². The minimum Gasteiger partial charge on any atom is -0.383 e. The third-order valence-corrected chi connectivity index (χ3v) is 2.99. The van der Waals surface area contributed by atoms with Gasteiger partial charge < -0.3 is 15.4 Å². The van der Waals surface area contributed by atoms with Gasteiger partial charge in [-0.05, 0) is 5.56 Å². The largest absolute Gasteiger partial charge is 0.383 e. The number of rotatable bonds is 7. The fraction of sp³-hybridized carbons (Fsp3) is 0.357. The zero-order valence-electron chi connectivity index (χ0n) is 12.0. The normalized spacial score (nSPS) is 10.5. The van der Waals surface area contributed by atoms with E-state index in [4.69, 9.17) is 10.5 Å². The van der Waals surface area contributed by atoms with Crippen molar-refractivity contribution < 1.29 is 9.53 Å². The topological polar surface area (TPSA) is 86.3 Å². The molecular weight excluding hydrogens is 270 g/mol.